The molecule has 190 valence electrons. The molecule has 2 aromatic carbocycles. The average Bonchev–Trinajstić information content (AvgIpc) is 2.90. The fourth-order valence-electron chi connectivity index (χ4n) is 8.54. The molecular formula is C29H29N3O5. The second kappa shape index (κ2) is 8.05. The van der Waals surface area contributed by atoms with Gasteiger partial charge in [0.1, 0.15) is 11.1 Å². The van der Waals surface area contributed by atoms with Gasteiger partial charge in [-0.15, -0.1) is 0 Å². The molecule has 0 unspecified atom stereocenters. The Morgan fingerprint density at radius 2 is 1.38 bits per heavy atom. The van der Waals surface area contributed by atoms with Crippen LogP contribution in [0.25, 0.3) is 0 Å². The van der Waals surface area contributed by atoms with Crippen LogP contribution in [0.4, 0.5) is 5.69 Å². The van der Waals surface area contributed by atoms with E-state index in [1.807, 2.05) is 0 Å². The van der Waals surface area contributed by atoms with Gasteiger partial charge in [-0.25, -0.2) is 0 Å². The summed E-state index contributed by atoms with van der Waals surface area (Å²) in [5.41, 5.74) is -0.329. The van der Waals surface area contributed by atoms with Gasteiger partial charge in [0, 0.05) is 48.4 Å². The Labute approximate surface area is 214 Å². The quantitative estimate of drug-likeness (QED) is 0.397. The van der Waals surface area contributed by atoms with E-state index in [1.54, 1.807) is 23.1 Å². The summed E-state index contributed by atoms with van der Waals surface area (Å²) in [6.45, 7) is 2.54. The first-order valence-corrected chi connectivity index (χ1v) is 13.4. The van der Waals surface area contributed by atoms with Crippen molar-refractivity contribution in [2.75, 3.05) is 26.2 Å². The van der Waals surface area contributed by atoms with Crippen LogP contribution in [0.15, 0.2) is 36.4 Å². The average molecular weight is 500 g/mol. The van der Waals surface area contributed by atoms with Gasteiger partial charge in [0.2, 0.25) is 5.78 Å². The van der Waals surface area contributed by atoms with Gasteiger partial charge in [-0.1, -0.05) is 24.3 Å². The topological polar surface area (TPSA) is 101 Å². The van der Waals surface area contributed by atoms with Crippen molar-refractivity contribution in [2.45, 2.75) is 44.1 Å². The van der Waals surface area contributed by atoms with Crippen LogP contribution in [-0.4, -0.2) is 63.9 Å². The predicted octanol–water partition coefficient (Wildman–Crippen LogP) is 4.10. The van der Waals surface area contributed by atoms with E-state index in [9.17, 15) is 24.5 Å². The number of carbonyl (C=O) groups excluding carboxylic acids is 3. The van der Waals surface area contributed by atoms with Crippen molar-refractivity contribution in [3.8, 4) is 0 Å². The number of nitro benzene ring substituents is 1. The second-order valence-electron chi connectivity index (χ2n) is 11.8. The number of hydrogen-bond acceptors (Lipinski definition) is 6. The van der Waals surface area contributed by atoms with Gasteiger partial charge in [-0.2, -0.15) is 0 Å². The first-order chi connectivity index (χ1) is 17.8. The molecule has 6 aliphatic rings. The Bertz CT molecular complexity index is 1340. The number of fused-ring (bicyclic) bond motifs is 2. The molecule has 0 N–H and O–H groups in total. The summed E-state index contributed by atoms with van der Waals surface area (Å²) in [7, 11) is 0. The van der Waals surface area contributed by atoms with Gasteiger partial charge in [0.15, 0.2) is 5.78 Å². The van der Waals surface area contributed by atoms with Crippen molar-refractivity contribution in [1.29, 1.82) is 0 Å². The van der Waals surface area contributed by atoms with Crippen LogP contribution in [0.3, 0.4) is 0 Å². The van der Waals surface area contributed by atoms with Crippen LogP contribution in [0.1, 0.15) is 80.7 Å². The fraction of sp³-hybridized carbons (Fsp3) is 0.483. The van der Waals surface area contributed by atoms with E-state index in [0.717, 1.165) is 30.8 Å². The third-order valence-corrected chi connectivity index (χ3v) is 9.72. The molecule has 0 spiro atoms. The van der Waals surface area contributed by atoms with E-state index < -0.39 is 28.1 Å². The highest BCUT2D eigenvalue weighted by atomic mass is 16.6. The van der Waals surface area contributed by atoms with Crippen LogP contribution >= 0.6 is 0 Å². The number of ketones is 2. The number of rotatable bonds is 3. The molecule has 4 saturated carbocycles. The standard InChI is InChI=1S/C29H29N3O5/c33-26-20-3-1-2-4-21(20)27(34)24-22(26)5-6-23(25(24)32(36)37)28(35)30-7-9-31(10-8-30)29-14-17-11-18(15-29)13-19(12-17)16-29/h1-6,17-19H,7-16H2. The summed E-state index contributed by atoms with van der Waals surface area (Å²) in [6.07, 6.45) is 7.94. The zero-order valence-corrected chi connectivity index (χ0v) is 20.7. The summed E-state index contributed by atoms with van der Waals surface area (Å²) >= 11 is 0. The van der Waals surface area contributed by atoms with Crippen molar-refractivity contribution in [2.24, 2.45) is 17.8 Å². The van der Waals surface area contributed by atoms with Gasteiger partial charge in [-0.05, 0) is 68.4 Å². The van der Waals surface area contributed by atoms with E-state index in [-0.39, 0.29) is 33.4 Å². The number of nitrogens with zero attached hydrogens (tertiary/aromatic N) is 3. The van der Waals surface area contributed by atoms with E-state index in [0.29, 0.717) is 13.1 Å². The number of hydrogen-bond donors (Lipinski definition) is 0. The molecule has 0 atom stereocenters. The van der Waals surface area contributed by atoms with Gasteiger partial charge >= 0.3 is 0 Å². The summed E-state index contributed by atoms with van der Waals surface area (Å²) in [4.78, 5) is 55.7. The molecular weight excluding hydrogens is 470 g/mol. The summed E-state index contributed by atoms with van der Waals surface area (Å²) in [6, 6.07) is 9.08. The number of amides is 1. The fourth-order valence-corrected chi connectivity index (χ4v) is 8.54. The van der Waals surface area contributed by atoms with Crippen LogP contribution in [0.5, 0.6) is 0 Å². The SMILES string of the molecule is O=C1c2ccccc2C(=O)c2c1ccc(C(=O)N1CCN(C34CC5CC(CC(C5)C3)C4)CC1)c2[N+](=O)[O-]. The normalized spacial score (nSPS) is 30.3. The zero-order chi connectivity index (χ0) is 25.5. The zero-order valence-electron chi connectivity index (χ0n) is 20.7. The first-order valence-electron chi connectivity index (χ1n) is 13.4. The largest absolute Gasteiger partial charge is 0.336 e. The van der Waals surface area contributed by atoms with Crippen LogP contribution in [-0.2, 0) is 0 Å². The third kappa shape index (κ3) is 3.34. The molecule has 0 aromatic heterocycles. The van der Waals surface area contributed by atoms with Crippen LogP contribution in [0.2, 0.25) is 0 Å². The van der Waals surface area contributed by atoms with Crippen molar-refractivity contribution in [3.05, 3.63) is 74.3 Å². The molecule has 1 saturated heterocycles. The second-order valence-corrected chi connectivity index (χ2v) is 11.8. The lowest BCUT2D eigenvalue weighted by molar-refractivity contribution is -0.385. The number of benzene rings is 2. The summed E-state index contributed by atoms with van der Waals surface area (Å²) < 4.78 is 0. The van der Waals surface area contributed by atoms with Crippen molar-refractivity contribution in [1.82, 2.24) is 9.80 Å². The molecule has 1 aliphatic heterocycles. The Balaban J connectivity index is 1.16. The maximum absolute atomic E-state index is 13.6. The minimum atomic E-state index is -0.684. The smallest absolute Gasteiger partial charge is 0.294 e. The highest BCUT2D eigenvalue weighted by molar-refractivity contribution is 6.30. The van der Waals surface area contributed by atoms with Crippen molar-refractivity contribution in [3.63, 3.8) is 0 Å². The molecule has 37 heavy (non-hydrogen) atoms. The molecule has 8 rings (SSSR count). The first kappa shape index (κ1) is 22.8. The number of nitro groups is 1. The Morgan fingerprint density at radius 3 is 1.95 bits per heavy atom. The summed E-state index contributed by atoms with van der Waals surface area (Å²) in [5, 5.41) is 12.2. The lowest BCUT2D eigenvalue weighted by atomic mass is 9.52. The molecule has 0 radical (unpaired) electrons. The molecule has 2 aromatic rings. The van der Waals surface area contributed by atoms with Crippen LogP contribution < -0.4 is 0 Å². The van der Waals surface area contributed by atoms with Crippen molar-refractivity contribution < 1.29 is 19.3 Å². The Hall–Kier alpha value is -3.39. The lowest BCUT2D eigenvalue weighted by Gasteiger charge is -2.61. The maximum atomic E-state index is 13.6. The van der Waals surface area contributed by atoms with Gasteiger partial charge < -0.3 is 4.90 Å². The Morgan fingerprint density at radius 1 is 0.811 bits per heavy atom. The minimum absolute atomic E-state index is 0.0152. The maximum Gasteiger partial charge on any atom is 0.294 e. The minimum Gasteiger partial charge on any atom is -0.336 e. The molecule has 1 amide bonds. The van der Waals surface area contributed by atoms with E-state index in [4.69, 9.17) is 0 Å². The highest BCUT2D eigenvalue weighted by Gasteiger charge is 2.54. The molecule has 5 fully saturated rings. The Kier molecular flexibility index (Phi) is 4.96. The highest BCUT2D eigenvalue weighted by Crippen LogP contribution is 2.57. The molecule has 4 bridgehead atoms. The van der Waals surface area contributed by atoms with Crippen LogP contribution in [0, 0.1) is 27.9 Å². The summed E-state index contributed by atoms with van der Waals surface area (Å²) in [5.74, 6) is 1.06. The predicted molar refractivity (Wildman–Crippen MR) is 135 cm³/mol. The molecule has 1 heterocycles. The number of piperazine rings is 1. The monoisotopic (exact) mass is 499 g/mol. The van der Waals surface area contributed by atoms with Gasteiger partial charge in [-0.3, -0.25) is 29.4 Å². The van der Waals surface area contributed by atoms with E-state index in [1.165, 1.54) is 56.7 Å². The lowest BCUT2D eigenvalue weighted by Crippen LogP contribution is -2.64. The van der Waals surface area contributed by atoms with E-state index >= 15 is 0 Å². The molecule has 8 heteroatoms. The number of carbonyl (C=O) groups is 3. The van der Waals surface area contributed by atoms with E-state index in [2.05, 4.69) is 4.90 Å². The third-order valence-electron chi connectivity index (χ3n) is 9.72. The van der Waals surface area contributed by atoms with Gasteiger partial charge in [0.05, 0.1) is 4.92 Å². The molecule has 8 nitrogen and oxygen atoms in total. The van der Waals surface area contributed by atoms with Gasteiger partial charge in [0.25, 0.3) is 11.6 Å². The van der Waals surface area contributed by atoms with Crippen molar-refractivity contribution >= 4 is 23.2 Å². The molecule has 5 aliphatic carbocycles.